The van der Waals surface area contributed by atoms with Crippen molar-refractivity contribution in [3.8, 4) is 11.3 Å². The van der Waals surface area contributed by atoms with Crippen molar-refractivity contribution in [3.05, 3.63) is 96.3 Å². The standard InChI is InChI=1S/C26H24N6O2/c1-31(2)20-8-3-6-18(12-20)14-28-26(33)22-13-24(19-7-4-10-27-15-19)30-25-23(22)16-29-32(25)17-21-9-5-11-34-21/h3-13,15-16H,14,17H2,1-2H3,(H,28,33). The first-order chi connectivity index (χ1) is 16.6. The van der Waals surface area contributed by atoms with Gasteiger partial charge < -0.3 is 14.6 Å². The Kier molecular flexibility index (Phi) is 5.78. The van der Waals surface area contributed by atoms with Gasteiger partial charge in [0.25, 0.3) is 5.91 Å². The zero-order chi connectivity index (χ0) is 23.5. The molecular formula is C26H24N6O2. The van der Waals surface area contributed by atoms with Crippen molar-refractivity contribution < 1.29 is 9.21 Å². The van der Waals surface area contributed by atoms with Crippen LogP contribution in [0, 0.1) is 0 Å². The lowest BCUT2D eigenvalue weighted by Gasteiger charge is -2.14. The van der Waals surface area contributed by atoms with Gasteiger partial charge in [-0.2, -0.15) is 5.10 Å². The third kappa shape index (κ3) is 4.38. The fourth-order valence-electron chi connectivity index (χ4n) is 3.79. The summed E-state index contributed by atoms with van der Waals surface area (Å²) in [6.45, 7) is 0.825. The van der Waals surface area contributed by atoms with E-state index in [9.17, 15) is 4.79 Å². The molecule has 0 atom stereocenters. The quantitative estimate of drug-likeness (QED) is 0.399. The summed E-state index contributed by atoms with van der Waals surface area (Å²) in [7, 11) is 3.98. The number of nitrogens with one attached hydrogen (secondary N) is 1. The normalized spacial score (nSPS) is 11.0. The number of aromatic nitrogens is 4. The van der Waals surface area contributed by atoms with Crippen LogP contribution in [0.25, 0.3) is 22.3 Å². The Morgan fingerprint density at radius 1 is 1.09 bits per heavy atom. The van der Waals surface area contributed by atoms with Gasteiger partial charge in [-0.05, 0) is 48.0 Å². The highest BCUT2D eigenvalue weighted by molar-refractivity contribution is 6.06. The van der Waals surface area contributed by atoms with E-state index in [1.807, 2.05) is 61.5 Å². The smallest absolute Gasteiger partial charge is 0.252 e. The minimum Gasteiger partial charge on any atom is -0.467 e. The summed E-state index contributed by atoms with van der Waals surface area (Å²) >= 11 is 0. The summed E-state index contributed by atoms with van der Waals surface area (Å²) in [5, 5.41) is 8.22. The van der Waals surface area contributed by atoms with Crippen molar-refractivity contribution in [1.82, 2.24) is 25.1 Å². The highest BCUT2D eigenvalue weighted by Gasteiger charge is 2.18. The zero-order valence-corrected chi connectivity index (χ0v) is 19.0. The van der Waals surface area contributed by atoms with Crippen LogP contribution < -0.4 is 10.2 Å². The molecule has 1 aromatic carbocycles. The summed E-state index contributed by atoms with van der Waals surface area (Å²) in [4.78, 5) is 24.4. The fourth-order valence-corrected chi connectivity index (χ4v) is 3.79. The molecule has 0 fully saturated rings. The molecule has 0 aliphatic carbocycles. The number of carbonyl (C=O) groups excluding carboxylic acids is 1. The summed E-state index contributed by atoms with van der Waals surface area (Å²) in [5.41, 5.74) is 4.70. The van der Waals surface area contributed by atoms with Gasteiger partial charge >= 0.3 is 0 Å². The molecule has 0 bridgehead atoms. The van der Waals surface area contributed by atoms with Gasteiger partial charge in [0.15, 0.2) is 5.65 Å². The molecule has 0 spiro atoms. The number of fused-ring (bicyclic) bond motifs is 1. The predicted octanol–water partition coefficient (Wildman–Crippen LogP) is 4.13. The maximum Gasteiger partial charge on any atom is 0.252 e. The molecule has 170 valence electrons. The van der Waals surface area contributed by atoms with Gasteiger partial charge in [0.05, 0.1) is 29.1 Å². The predicted molar refractivity (Wildman–Crippen MR) is 131 cm³/mol. The number of amides is 1. The van der Waals surface area contributed by atoms with Crippen LogP contribution in [0.4, 0.5) is 5.69 Å². The largest absolute Gasteiger partial charge is 0.467 e. The second-order valence-electron chi connectivity index (χ2n) is 8.16. The molecule has 0 radical (unpaired) electrons. The zero-order valence-electron chi connectivity index (χ0n) is 19.0. The SMILES string of the molecule is CN(C)c1cccc(CNC(=O)c2cc(-c3cccnc3)nc3c2cnn3Cc2ccco2)c1. The summed E-state index contributed by atoms with van der Waals surface area (Å²) in [6, 6.07) is 17.4. The molecule has 0 aliphatic rings. The van der Waals surface area contributed by atoms with Crippen LogP contribution in [-0.4, -0.2) is 39.8 Å². The molecule has 1 N–H and O–H groups in total. The van der Waals surface area contributed by atoms with Crippen LogP contribution in [0.5, 0.6) is 0 Å². The monoisotopic (exact) mass is 452 g/mol. The van der Waals surface area contributed by atoms with Crippen LogP contribution in [0.3, 0.4) is 0 Å². The number of pyridine rings is 2. The summed E-state index contributed by atoms with van der Waals surface area (Å²) in [5.74, 6) is 0.565. The molecule has 0 unspecified atom stereocenters. The van der Waals surface area contributed by atoms with E-state index < -0.39 is 0 Å². The van der Waals surface area contributed by atoms with E-state index in [0.29, 0.717) is 35.4 Å². The Balaban J connectivity index is 1.50. The Labute approximate surface area is 196 Å². The Morgan fingerprint density at radius 3 is 2.76 bits per heavy atom. The van der Waals surface area contributed by atoms with E-state index in [1.165, 1.54) is 0 Å². The van der Waals surface area contributed by atoms with E-state index in [0.717, 1.165) is 22.6 Å². The lowest BCUT2D eigenvalue weighted by Crippen LogP contribution is -2.23. The Hall–Kier alpha value is -4.46. The third-order valence-electron chi connectivity index (χ3n) is 5.58. The van der Waals surface area contributed by atoms with Crippen LogP contribution in [0.15, 0.2) is 83.9 Å². The van der Waals surface area contributed by atoms with Gasteiger partial charge in [-0.3, -0.25) is 9.78 Å². The number of hydrogen-bond acceptors (Lipinski definition) is 6. The number of anilines is 1. The highest BCUT2D eigenvalue weighted by Crippen LogP contribution is 2.25. The van der Waals surface area contributed by atoms with E-state index in [2.05, 4.69) is 21.5 Å². The molecular weight excluding hydrogens is 428 g/mol. The van der Waals surface area contributed by atoms with Gasteiger partial charge in [0.1, 0.15) is 12.3 Å². The molecule has 4 heterocycles. The third-order valence-corrected chi connectivity index (χ3v) is 5.58. The average Bonchev–Trinajstić information content (AvgIpc) is 3.53. The molecule has 34 heavy (non-hydrogen) atoms. The lowest BCUT2D eigenvalue weighted by molar-refractivity contribution is 0.0952. The first-order valence-corrected chi connectivity index (χ1v) is 10.9. The number of rotatable bonds is 7. The highest BCUT2D eigenvalue weighted by atomic mass is 16.3. The van der Waals surface area contributed by atoms with Gasteiger partial charge in [-0.1, -0.05) is 12.1 Å². The molecule has 4 aromatic heterocycles. The van der Waals surface area contributed by atoms with Crippen molar-refractivity contribution in [2.75, 3.05) is 19.0 Å². The average molecular weight is 453 g/mol. The van der Waals surface area contributed by atoms with E-state index in [1.54, 1.807) is 35.6 Å². The van der Waals surface area contributed by atoms with Gasteiger partial charge in [0.2, 0.25) is 0 Å². The molecule has 0 aliphatic heterocycles. The Bertz CT molecular complexity index is 1420. The maximum absolute atomic E-state index is 13.3. The number of carbonyl (C=O) groups is 1. The first kappa shape index (κ1) is 21.4. The number of furan rings is 1. The molecule has 8 heteroatoms. The molecule has 1 amide bonds. The van der Waals surface area contributed by atoms with E-state index >= 15 is 0 Å². The second-order valence-corrected chi connectivity index (χ2v) is 8.16. The summed E-state index contributed by atoms with van der Waals surface area (Å²) in [6.07, 6.45) is 6.74. The number of benzene rings is 1. The van der Waals surface area contributed by atoms with Crippen LogP contribution in [-0.2, 0) is 13.1 Å². The van der Waals surface area contributed by atoms with Crippen molar-refractivity contribution >= 4 is 22.6 Å². The van der Waals surface area contributed by atoms with Crippen molar-refractivity contribution in [2.45, 2.75) is 13.1 Å². The maximum atomic E-state index is 13.3. The molecule has 0 saturated carbocycles. The van der Waals surface area contributed by atoms with E-state index in [-0.39, 0.29) is 5.91 Å². The van der Waals surface area contributed by atoms with Gasteiger partial charge in [0, 0.05) is 44.3 Å². The number of hydrogen-bond donors (Lipinski definition) is 1. The van der Waals surface area contributed by atoms with Gasteiger partial charge in [-0.15, -0.1) is 0 Å². The minimum absolute atomic E-state index is 0.189. The topological polar surface area (TPSA) is 89.1 Å². The van der Waals surface area contributed by atoms with Crippen molar-refractivity contribution in [2.24, 2.45) is 0 Å². The van der Waals surface area contributed by atoms with Crippen LogP contribution >= 0.6 is 0 Å². The minimum atomic E-state index is -0.189. The molecule has 5 aromatic rings. The molecule has 5 rings (SSSR count). The van der Waals surface area contributed by atoms with Crippen molar-refractivity contribution in [1.29, 1.82) is 0 Å². The van der Waals surface area contributed by atoms with Crippen LogP contribution in [0.2, 0.25) is 0 Å². The summed E-state index contributed by atoms with van der Waals surface area (Å²) < 4.78 is 7.22. The van der Waals surface area contributed by atoms with E-state index in [4.69, 9.17) is 9.40 Å². The number of nitrogens with zero attached hydrogens (tertiary/aromatic N) is 5. The lowest BCUT2D eigenvalue weighted by atomic mass is 10.1. The van der Waals surface area contributed by atoms with Crippen LogP contribution in [0.1, 0.15) is 21.7 Å². The second kappa shape index (κ2) is 9.19. The molecule has 8 nitrogen and oxygen atoms in total. The van der Waals surface area contributed by atoms with Crippen molar-refractivity contribution in [3.63, 3.8) is 0 Å². The fraction of sp³-hybridized carbons (Fsp3) is 0.154. The van der Waals surface area contributed by atoms with Gasteiger partial charge in [-0.25, -0.2) is 9.67 Å². The molecule has 0 saturated heterocycles. The Morgan fingerprint density at radius 2 is 2.00 bits per heavy atom. The first-order valence-electron chi connectivity index (χ1n) is 10.9.